The van der Waals surface area contributed by atoms with Crippen LogP contribution >= 0.6 is 24.8 Å². The maximum absolute atomic E-state index is 2.64. The first-order valence-corrected chi connectivity index (χ1v) is 17.4. The van der Waals surface area contributed by atoms with E-state index in [1.165, 1.54) is 5.57 Å². The normalized spacial score (nSPS) is 30.0. The molecule has 125 valence electrons. The van der Waals surface area contributed by atoms with Crippen LogP contribution in [0.4, 0.5) is 0 Å². The zero-order valence-electron chi connectivity index (χ0n) is 15.2. The molecule has 0 spiro atoms. The quantitative estimate of drug-likeness (QED) is 0.436. The Morgan fingerprint density at radius 3 is 1.82 bits per heavy atom. The van der Waals surface area contributed by atoms with Crippen molar-refractivity contribution in [2.45, 2.75) is 60.9 Å². The van der Waals surface area contributed by atoms with E-state index in [-0.39, 0.29) is 24.8 Å². The van der Waals surface area contributed by atoms with Crippen molar-refractivity contribution in [2.24, 2.45) is 0 Å². The molecule has 2 rings (SSSR count). The third-order valence-electron chi connectivity index (χ3n) is 5.73. The van der Waals surface area contributed by atoms with Gasteiger partial charge in [-0.05, 0) is 0 Å². The minimum absolute atomic E-state index is 0. The second kappa shape index (κ2) is 7.68. The number of hydrogen-bond donors (Lipinski definition) is 0. The molecule has 0 aliphatic heterocycles. The SMILES string of the molecule is CC1=C[C](C)([Zr]([SiH](C)C)[C]2(C)C=CC=C2C)C(C)=C1C.Cl.Cl. The van der Waals surface area contributed by atoms with Crippen LogP contribution in [0.2, 0.25) is 19.3 Å². The molecule has 0 bridgehead atoms. The molecule has 0 heterocycles. The van der Waals surface area contributed by atoms with Crippen molar-refractivity contribution in [3.63, 3.8) is 0 Å². The van der Waals surface area contributed by atoms with Crippen LogP contribution in [0.25, 0.3) is 0 Å². The minimum Gasteiger partial charge on any atom is -0.147 e. The van der Waals surface area contributed by atoms with Crippen molar-refractivity contribution >= 4 is 30.7 Å². The van der Waals surface area contributed by atoms with E-state index in [0.717, 1.165) is 0 Å². The molecule has 0 N–H and O–H groups in total. The van der Waals surface area contributed by atoms with E-state index in [1.807, 2.05) is 0 Å². The van der Waals surface area contributed by atoms with Gasteiger partial charge < -0.3 is 0 Å². The maximum atomic E-state index is 2.64. The number of halogens is 2. The fourth-order valence-corrected chi connectivity index (χ4v) is 35.1. The van der Waals surface area contributed by atoms with Gasteiger partial charge in [0.2, 0.25) is 0 Å². The van der Waals surface area contributed by atoms with Crippen molar-refractivity contribution in [1.29, 1.82) is 0 Å². The predicted molar refractivity (Wildman–Crippen MR) is 105 cm³/mol. The minimum atomic E-state index is -1.70. The van der Waals surface area contributed by atoms with Gasteiger partial charge in [-0.15, -0.1) is 24.8 Å². The molecule has 0 aromatic heterocycles. The molecule has 0 aromatic carbocycles. The molecule has 4 heteroatoms. The summed E-state index contributed by atoms with van der Waals surface area (Å²) >= 11 is -1.70. The number of hydrogen-bond acceptors (Lipinski definition) is 0. The van der Waals surface area contributed by atoms with E-state index in [9.17, 15) is 0 Å². The van der Waals surface area contributed by atoms with Crippen LogP contribution in [0.15, 0.2) is 46.6 Å². The molecule has 2 atom stereocenters. The first kappa shape index (κ1) is 22.6. The fourth-order valence-electron chi connectivity index (χ4n) is 4.34. The average Bonchev–Trinajstić information content (AvgIpc) is 2.75. The molecule has 0 fully saturated rings. The van der Waals surface area contributed by atoms with Gasteiger partial charge in [0, 0.05) is 0 Å². The van der Waals surface area contributed by atoms with Crippen LogP contribution in [0.3, 0.4) is 0 Å². The Kier molecular flexibility index (Phi) is 7.91. The Morgan fingerprint density at radius 1 is 0.955 bits per heavy atom. The maximum Gasteiger partial charge on any atom is -0.147 e. The summed E-state index contributed by atoms with van der Waals surface area (Å²) in [5.74, 6) is -0.632. The van der Waals surface area contributed by atoms with E-state index in [1.54, 1.807) is 16.7 Å². The second-order valence-electron chi connectivity index (χ2n) is 7.26. The van der Waals surface area contributed by atoms with Gasteiger partial charge in [-0.1, -0.05) is 0 Å². The predicted octanol–water partition coefficient (Wildman–Crippen LogP) is 6.60. The zero-order chi connectivity index (χ0) is 15.3. The summed E-state index contributed by atoms with van der Waals surface area (Å²) in [6.07, 6.45) is 9.86. The van der Waals surface area contributed by atoms with E-state index in [0.29, 0.717) is 6.25 Å². The van der Waals surface area contributed by atoms with E-state index in [4.69, 9.17) is 0 Å². The largest absolute Gasteiger partial charge is 0.147 e. The van der Waals surface area contributed by atoms with E-state index >= 15 is 0 Å². The van der Waals surface area contributed by atoms with Crippen LogP contribution in [0.1, 0.15) is 41.5 Å². The number of allylic oxidation sites excluding steroid dienone is 8. The molecule has 0 saturated carbocycles. The fraction of sp³-hybridized carbons (Fsp3) is 0.556. The second-order valence-corrected chi connectivity index (χ2v) is 28.6. The molecule has 22 heavy (non-hydrogen) atoms. The molecule has 2 aliphatic rings. The smallest absolute Gasteiger partial charge is 0.147 e. The molecular weight excluding hydrogens is 406 g/mol. The van der Waals surface area contributed by atoms with Crippen LogP contribution < -0.4 is 0 Å². The van der Waals surface area contributed by atoms with Crippen molar-refractivity contribution in [3.8, 4) is 0 Å². The summed E-state index contributed by atoms with van der Waals surface area (Å²) in [6.45, 7) is 19.7. The van der Waals surface area contributed by atoms with Gasteiger partial charge in [0.1, 0.15) is 0 Å². The molecule has 0 amide bonds. The van der Waals surface area contributed by atoms with Gasteiger partial charge in [0.05, 0.1) is 0 Å². The third kappa shape index (κ3) is 3.37. The summed E-state index contributed by atoms with van der Waals surface area (Å²) in [5, 5.41) is 0. The summed E-state index contributed by atoms with van der Waals surface area (Å²) < 4.78 is 0.857. The summed E-state index contributed by atoms with van der Waals surface area (Å²) in [6, 6.07) is 0. The van der Waals surface area contributed by atoms with Gasteiger partial charge in [-0.3, -0.25) is 0 Å². The summed E-state index contributed by atoms with van der Waals surface area (Å²) in [5.41, 5.74) is 6.40. The van der Waals surface area contributed by atoms with Crippen LogP contribution in [-0.4, -0.2) is 5.92 Å². The van der Waals surface area contributed by atoms with Gasteiger partial charge in [-0.25, -0.2) is 0 Å². The first-order chi connectivity index (χ1) is 9.14. The van der Waals surface area contributed by atoms with Crippen LogP contribution in [0, 0.1) is 0 Å². The topological polar surface area (TPSA) is 0 Å². The van der Waals surface area contributed by atoms with Gasteiger partial charge in [-0.2, -0.15) is 0 Å². The Hall–Kier alpha value is 0.640. The monoisotopic (exact) mass is 435 g/mol. The molecule has 0 saturated heterocycles. The molecule has 2 aliphatic carbocycles. The zero-order valence-corrected chi connectivity index (χ0v) is 20.4. The Bertz CT molecular complexity index is 559. The molecular formula is C18H31Cl2SiZr. The van der Waals surface area contributed by atoms with E-state index < -0.39 is 26.8 Å². The molecule has 2 unspecified atom stereocenters. The molecule has 0 nitrogen and oxygen atoms in total. The van der Waals surface area contributed by atoms with Crippen molar-refractivity contribution in [3.05, 3.63) is 46.6 Å². The summed E-state index contributed by atoms with van der Waals surface area (Å²) in [4.78, 5) is 0. The van der Waals surface area contributed by atoms with Crippen molar-refractivity contribution in [2.75, 3.05) is 0 Å². The van der Waals surface area contributed by atoms with Crippen molar-refractivity contribution < 1.29 is 20.9 Å². The Morgan fingerprint density at radius 2 is 1.50 bits per heavy atom. The average molecular weight is 438 g/mol. The standard InChI is InChI=1S/C9H13.C7H9.C2H7Si.2ClH.Zr/c1-6-5-7(2)9(4)8(6)3;1-6-4-3-5-7(6)2;1-3-2;;;/h5H,1-4H3;3-5H,1-2H3;3H,1-2H3;2*1H;. The third-order valence-corrected chi connectivity index (χ3v) is 30.7. The molecule has 0 aromatic rings. The summed E-state index contributed by atoms with van der Waals surface area (Å²) in [7, 11) is 0. The van der Waals surface area contributed by atoms with Gasteiger partial charge in [0.15, 0.2) is 0 Å². The van der Waals surface area contributed by atoms with Crippen LogP contribution in [-0.2, 0) is 20.9 Å². The molecule has 0 radical (unpaired) electrons. The number of rotatable bonds is 3. The Labute approximate surface area is 158 Å². The van der Waals surface area contributed by atoms with Gasteiger partial charge in [0.25, 0.3) is 0 Å². The van der Waals surface area contributed by atoms with Crippen molar-refractivity contribution in [1.82, 2.24) is 0 Å². The first-order valence-electron chi connectivity index (χ1n) is 7.76. The van der Waals surface area contributed by atoms with Crippen LogP contribution in [0.5, 0.6) is 0 Å². The Balaban J connectivity index is 0.00000220. The van der Waals surface area contributed by atoms with E-state index in [2.05, 4.69) is 78.9 Å². The van der Waals surface area contributed by atoms with Gasteiger partial charge >= 0.3 is 134 Å².